The molecule has 0 aliphatic heterocycles. The summed E-state index contributed by atoms with van der Waals surface area (Å²) in [5.74, 6) is 0. The lowest BCUT2D eigenvalue weighted by molar-refractivity contribution is 0.347. The summed E-state index contributed by atoms with van der Waals surface area (Å²) in [4.78, 5) is 0.163. The Balaban J connectivity index is 2.41. The maximum Gasteiger partial charge on any atom is 0.245 e. The van der Waals surface area contributed by atoms with E-state index in [1.165, 1.54) is 4.31 Å². The SMILES string of the molecule is C=CCN(C1CCCC1)S(=O)(=O)c1ccc(Br)cc1Cl. The summed E-state index contributed by atoms with van der Waals surface area (Å²) < 4.78 is 27.9. The van der Waals surface area contributed by atoms with Crippen molar-refractivity contribution in [3.8, 4) is 0 Å². The third-order valence-corrected chi connectivity index (χ3v) is 6.42. The standard InChI is InChI=1S/C14H17BrClNO2S/c1-2-9-17(12-5-3-4-6-12)20(18,19)14-8-7-11(15)10-13(14)16/h2,7-8,10,12H,1,3-6,9H2. The first kappa shape index (κ1) is 16.0. The van der Waals surface area contributed by atoms with Gasteiger partial charge in [0.2, 0.25) is 10.0 Å². The molecule has 1 aliphatic rings. The van der Waals surface area contributed by atoms with Crippen LogP contribution in [-0.4, -0.2) is 25.3 Å². The lowest BCUT2D eigenvalue weighted by atomic mass is 10.2. The van der Waals surface area contributed by atoms with Gasteiger partial charge in [0.05, 0.1) is 5.02 Å². The lowest BCUT2D eigenvalue weighted by Crippen LogP contribution is -2.39. The van der Waals surface area contributed by atoms with Crippen LogP contribution in [0, 0.1) is 0 Å². The van der Waals surface area contributed by atoms with Crippen LogP contribution in [0.2, 0.25) is 5.02 Å². The average molecular weight is 379 g/mol. The summed E-state index contributed by atoms with van der Waals surface area (Å²) in [5.41, 5.74) is 0. The second-order valence-corrected chi connectivity index (χ2v) is 8.06. The van der Waals surface area contributed by atoms with Crippen LogP contribution in [0.4, 0.5) is 0 Å². The van der Waals surface area contributed by atoms with Gasteiger partial charge in [-0.15, -0.1) is 6.58 Å². The Hall–Kier alpha value is -0.360. The van der Waals surface area contributed by atoms with E-state index in [1.54, 1.807) is 24.3 Å². The zero-order chi connectivity index (χ0) is 14.8. The Labute approximate surface area is 133 Å². The van der Waals surface area contributed by atoms with E-state index in [0.717, 1.165) is 30.2 Å². The predicted octanol–water partition coefficient (Wildman–Crippen LogP) is 4.22. The van der Waals surface area contributed by atoms with E-state index in [1.807, 2.05) is 0 Å². The minimum atomic E-state index is -3.58. The molecule has 0 heterocycles. The lowest BCUT2D eigenvalue weighted by Gasteiger charge is -2.27. The number of benzene rings is 1. The van der Waals surface area contributed by atoms with Crippen LogP contribution in [0.15, 0.2) is 40.2 Å². The van der Waals surface area contributed by atoms with Gasteiger partial charge in [-0.2, -0.15) is 4.31 Å². The smallest absolute Gasteiger partial charge is 0.207 e. The highest BCUT2D eigenvalue weighted by molar-refractivity contribution is 9.10. The largest absolute Gasteiger partial charge is 0.245 e. The van der Waals surface area contributed by atoms with Crippen molar-refractivity contribution < 1.29 is 8.42 Å². The Bertz CT molecular complexity index is 597. The van der Waals surface area contributed by atoms with Crippen molar-refractivity contribution in [1.82, 2.24) is 4.31 Å². The van der Waals surface area contributed by atoms with E-state index in [9.17, 15) is 8.42 Å². The van der Waals surface area contributed by atoms with Gasteiger partial charge in [-0.3, -0.25) is 0 Å². The fourth-order valence-corrected chi connectivity index (χ4v) is 5.24. The molecule has 1 aliphatic carbocycles. The normalized spacial score (nSPS) is 16.8. The predicted molar refractivity (Wildman–Crippen MR) is 85.5 cm³/mol. The molecule has 1 aromatic carbocycles. The van der Waals surface area contributed by atoms with Crippen LogP contribution < -0.4 is 0 Å². The summed E-state index contributed by atoms with van der Waals surface area (Å²) in [6.45, 7) is 3.99. The van der Waals surface area contributed by atoms with E-state index in [0.29, 0.717) is 6.54 Å². The Morgan fingerprint density at radius 1 is 1.40 bits per heavy atom. The molecule has 0 radical (unpaired) electrons. The minimum absolute atomic E-state index is 0.0534. The van der Waals surface area contributed by atoms with Crippen LogP contribution in [0.5, 0.6) is 0 Å². The molecule has 2 rings (SSSR count). The van der Waals surface area contributed by atoms with Crippen molar-refractivity contribution in [2.75, 3.05) is 6.54 Å². The van der Waals surface area contributed by atoms with Gasteiger partial charge >= 0.3 is 0 Å². The number of rotatable bonds is 5. The fourth-order valence-electron chi connectivity index (χ4n) is 2.57. The second kappa shape index (κ2) is 6.60. The molecule has 6 heteroatoms. The third kappa shape index (κ3) is 3.27. The molecule has 0 saturated heterocycles. The Kier molecular flexibility index (Phi) is 5.29. The van der Waals surface area contributed by atoms with Crippen molar-refractivity contribution in [1.29, 1.82) is 0 Å². The number of sulfonamides is 1. The van der Waals surface area contributed by atoms with Gasteiger partial charge in [0.1, 0.15) is 4.90 Å². The van der Waals surface area contributed by atoms with Crippen molar-refractivity contribution >= 4 is 37.6 Å². The zero-order valence-electron chi connectivity index (χ0n) is 11.1. The highest BCUT2D eigenvalue weighted by atomic mass is 79.9. The summed E-state index contributed by atoms with van der Waals surface area (Å²) in [6, 6.07) is 4.90. The van der Waals surface area contributed by atoms with Gasteiger partial charge in [0, 0.05) is 17.1 Å². The second-order valence-electron chi connectivity index (χ2n) is 4.88. The molecule has 0 unspecified atom stereocenters. The van der Waals surface area contributed by atoms with E-state index in [2.05, 4.69) is 22.5 Å². The van der Waals surface area contributed by atoms with Gasteiger partial charge in [0.15, 0.2) is 0 Å². The third-order valence-electron chi connectivity index (χ3n) is 3.52. The van der Waals surface area contributed by atoms with Crippen LogP contribution in [0.25, 0.3) is 0 Å². The van der Waals surface area contributed by atoms with Crippen LogP contribution in [0.1, 0.15) is 25.7 Å². The molecule has 1 saturated carbocycles. The quantitative estimate of drug-likeness (QED) is 0.719. The van der Waals surface area contributed by atoms with Gasteiger partial charge < -0.3 is 0 Å². The fraction of sp³-hybridized carbons (Fsp3) is 0.429. The van der Waals surface area contributed by atoms with Gasteiger partial charge in [-0.05, 0) is 31.0 Å². The maximum atomic E-state index is 12.8. The number of hydrogen-bond donors (Lipinski definition) is 0. The van der Waals surface area contributed by atoms with Crippen molar-refractivity contribution in [3.63, 3.8) is 0 Å². The zero-order valence-corrected chi connectivity index (χ0v) is 14.2. The number of nitrogens with zero attached hydrogens (tertiary/aromatic N) is 1. The van der Waals surface area contributed by atoms with Gasteiger partial charge in [0.25, 0.3) is 0 Å². The van der Waals surface area contributed by atoms with E-state index < -0.39 is 10.0 Å². The van der Waals surface area contributed by atoms with Crippen molar-refractivity contribution in [3.05, 3.63) is 40.3 Å². The van der Waals surface area contributed by atoms with Gasteiger partial charge in [-0.1, -0.05) is 46.4 Å². The highest BCUT2D eigenvalue weighted by Crippen LogP contribution is 2.32. The van der Waals surface area contributed by atoms with Crippen molar-refractivity contribution in [2.24, 2.45) is 0 Å². The molecule has 3 nitrogen and oxygen atoms in total. The molecule has 0 amide bonds. The van der Waals surface area contributed by atoms with Crippen molar-refractivity contribution in [2.45, 2.75) is 36.6 Å². The summed E-state index contributed by atoms with van der Waals surface area (Å²) in [5, 5.41) is 0.242. The average Bonchev–Trinajstić information content (AvgIpc) is 2.88. The Morgan fingerprint density at radius 3 is 2.60 bits per heavy atom. The minimum Gasteiger partial charge on any atom is -0.207 e. The Morgan fingerprint density at radius 2 is 2.05 bits per heavy atom. The van der Waals surface area contributed by atoms with E-state index >= 15 is 0 Å². The maximum absolute atomic E-state index is 12.8. The molecule has 0 spiro atoms. The summed E-state index contributed by atoms with van der Waals surface area (Å²) >= 11 is 9.39. The van der Waals surface area contributed by atoms with E-state index in [4.69, 9.17) is 11.6 Å². The molecule has 1 aromatic rings. The topological polar surface area (TPSA) is 37.4 Å². The van der Waals surface area contributed by atoms with Crippen LogP contribution in [-0.2, 0) is 10.0 Å². The number of halogens is 2. The van der Waals surface area contributed by atoms with Crippen LogP contribution >= 0.6 is 27.5 Å². The molecule has 0 atom stereocenters. The summed E-state index contributed by atoms with van der Waals surface area (Å²) in [7, 11) is -3.58. The first-order valence-corrected chi connectivity index (χ1v) is 9.15. The first-order chi connectivity index (χ1) is 9.46. The molecular formula is C14H17BrClNO2S. The summed E-state index contributed by atoms with van der Waals surface area (Å²) in [6.07, 6.45) is 5.58. The number of hydrogen-bond acceptors (Lipinski definition) is 2. The molecule has 0 aromatic heterocycles. The molecule has 20 heavy (non-hydrogen) atoms. The highest BCUT2D eigenvalue weighted by Gasteiger charge is 2.33. The molecule has 1 fully saturated rings. The molecule has 110 valence electrons. The molecule has 0 bridgehead atoms. The first-order valence-electron chi connectivity index (χ1n) is 6.54. The molecule has 0 N–H and O–H groups in total. The monoisotopic (exact) mass is 377 g/mol. The van der Waals surface area contributed by atoms with Gasteiger partial charge in [-0.25, -0.2) is 8.42 Å². The van der Waals surface area contributed by atoms with Crippen LogP contribution in [0.3, 0.4) is 0 Å². The van der Waals surface area contributed by atoms with E-state index in [-0.39, 0.29) is 16.0 Å². The molecular weight excluding hydrogens is 362 g/mol.